The second-order valence-corrected chi connectivity index (χ2v) is 6.41. The fourth-order valence-electron chi connectivity index (χ4n) is 3.07. The van der Waals surface area contributed by atoms with E-state index in [1.165, 1.54) is 18.0 Å². The van der Waals surface area contributed by atoms with E-state index in [4.69, 9.17) is 0 Å². The van der Waals surface area contributed by atoms with Crippen LogP contribution in [0.25, 0.3) is 11.4 Å². The third kappa shape index (κ3) is 3.30. The van der Waals surface area contributed by atoms with E-state index in [0.717, 1.165) is 18.4 Å². The molecule has 0 bridgehead atoms. The van der Waals surface area contributed by atoms with Crippen LogP contribution in [0.4, 0.5) is 0 Å². The first-order valence-electron chi connectivity index (χ1n) is 8.62. The van der Waals surface area contributed by atoms with Crippen LogP contribution in [0.3, 0.4) is 0 Å². The zero-order chi connectivity index (χ0) is 17.9. The molecule has 0 spiro atoms. The highest BCUT2D eigenvalue weighted by atomic mass is 16.2. The predicted molar refractivity (Wildman–Crippen MR) is 94.2 cm³/mol. The quantitative estimate of drug-likeness (QED) is 0.717. The Morgan fingerprint density at radius 1 is 1.12 bits per heavy atom. The molecule has 1 aromatic carbocycles. The number of benzene rings is 1. The normalized spacial score (nSPS) is 15.2. The number of hydrogen-bond acceptors (Lipinski definition) is 6. The van der Waals surface area contributed by atoms with Gasteiger partial charge in [-0.1, -0.05) is 29.8 Å². The first-order chi connectivity index (χ1) is 12.7. The van der Waals surface area contributed by atoms with Gasteiger partial charge in [0.15, 0.2) is 0 Å². The number of aromatic nitrogens is 6. The summed E-state index contributed by atoms with van der Waals surface area (Å²) in [6.07, 6.45) is 6.17. The minimum atomic E-state index is -0.0801. The number of nitrogens with zero attached hydrogens (tertiary/aromatic N) is 7. The smallest absolute Gasteiger partial charge is 0.274 e. The number of rotatable bonds is 3. The van der Waals surface area contributed by atoms with Crippen molar-refractivity contribution in [2.24, 2.45) is 0 Å². The van der Waals surface area contributed by atoms with Crippen molar-refractivity contribution in [1.82, 2.24) is 35.1 Å². The maximum Gasteiger partial charge on any atom is 0.274 e. The zero-order valence-corrected chi connectivity index (χ0v) is 14.5. The van der Waals surface area contributed by atoms with Gasteiger partial charge in [-0.3, -0.25) is 9.78 Å². The van der Waals surface area contributed by atoms with E-state index in [1.54, 1.807) is 15.9 Å². The second-order valence-electron chi connectivity index (χ2n) is 6.41. The van der Waals surface area contributed by atoms with Crippen molar-refractivity contribution in [2.75, 3.05) is 13.1 Å². The van der Waals surface area contributed by atoms with Gasteiger partial charge in [0.1, 0.15) is 5.69 Å². The molecule has 0 aliphatic carbocycles. The van der Waals surface area contributed by atoms with E-state index in [1.807, 2.05) is 31.2 Å². The van der Waals surface area contributed by atoms with Gasteiger partial charge in [-0.2, -0.15) is 4.80 Å². The van der Waals surface area contributed by atoms with Gasteiger partial charge in [-0.15, -0.1) is 10.2 Å². The van der Waals surface area contributed by atoms with Crippen molar-refractivity contribution >= 4 is 5.91 Å². The topological polar surface area (TPSA) is 89.7 Å². The number of likely N-dealkylation sites (tertiary alicyclic amines) is 1. The molecule has 26 heavy (non-hydrogen) atoms. The van der Waals surface area contributed by atoms with E-state index in [-0.39, 0.29) is 11.9 Å². The van der Waals surface area contributed by atoms with Crippen LogP contribution in [0, 0.1) is 6.92 Å². The lowest BCUT2D eigenvalue weighted by molar-refractivity contribution is 0.0676. The van der Waals surface area contributed by atoms with Crippen molar-refractivity contribution in [3.63, 3.8) is 0 Å². The molecule has 4 rings (SSSR count). The number of hydrogen-bond donors (Lipinski definition) is 0. The van der Waals surface area contributed by atoms with Crippen LogP contribution >= 0.6 is 0 Å². The maximum atomic E-state index is 12.4. The number of piperidine rings is 1. The molecule has 8 heteroatoms. The summed E-state index contributed by atoms with van der Waals surface area (Å²) in [5.74, 6) is 0.548. The number of aryl methyl sites for hydroxylation is 1. The molecule has 0 N–H and O–H groups in total. The molecule has 3 aromatic rings. The summed E-state index contributed by atoms with van der Waals surface area (Å²) in [4.78, 5) is 24.0. The zero-order valence-electron chi connectivity index (χ0n) is 14.5. The van der Waals surface area contributed by atoms with Crippen molar-refractivity contribution < 1.29 is 4.79 Å². The lowest BCUT2D eigenvalue weighted by Crippen LogP contribution is -2.39. The van der Waals surface area contributed by atoms with Crippen molar-refractivity contribution in [2.45, 2.75) is 25.8 Å². The Morgan fingerprint density at radius 2 is 1.88 bits per heavy atom. The fraction of sp³-hybridized carbons (Fsp3) is 0.333. The van der Waals surface area contributed by atoms with E-state index >= 15 is 0 Å². The summed E-state index contributed by atoms with van der Waals surface area (Å²) in [6.45, 7) is 3.33. The van der Waals surface area contributed by atoms with Gasteiger partial charge in [-0.05, 0) is 25.0 Å². The molecule has 0 unspecified atom stereocenters. The summed E-state index contributed by atoms with van der Waals surface area (Å²) >= 11 is 0. The summed E-state index contributed by atoms with van der Waals surface area (Å²) in [6, 6.07) is 8.21. The number of amides is 1. The Morgan fingerprint density at radius 3 is 2.58 bits per heavy atom. The average Bonchev–Trinajstić information content (AvgIpc) is 3.19. The number of carbonyl (C=O) groups is 1. The molecule has 1 aliphatic heterocycles. The number of tetrazole rings is 1. The molecular formula is C18H19N7O. The van der Waals surface area contributed by atoms with Crippen LogP contribution in [0.1, 0.15) is 34.9 Å². The Balaban J connectivity index is 1.41. The fourth-order valence-corrected chi connectivity index (χ4v) is 3.07. The minimum absolute atomic E-state index is 0.0801. The highest BCUT2D eigenvalue weighted by Gasteiger charge is 2.26. The van der Waals surface area contributed by atoms with Crippen molar-refractivity contribution in [3.8, 4) is 11.4 Å². The lowest BCUT2D eigenvalue weighted by atomic mass is 10.1. The van der Waals surface area contributed by atoms with Crippen LogP contribution < -0.4 is 0 Å². The van der Waals surface area contributed by atoms with Crippen LogP contribution in [0.5, 0.6) is 0 Å². The molecule has 0 atom stereocenters. The highest BCUT2D eigenvalue weighted by Crippen LogP contribution is 2.23. The third-order valence-corrected chi connectivity index (χ3v) is 4.60. The maximum absolute atomic E-state index is 12.4. The lowest BCUT2D eigenvalue weighted by Gasteiger charge is -2.30. The Kier molecular flexibility index (Phi) is 4.39. The van der Waals surface area contributed by atoms with Gasteiger partial charge >= 0.3 is 0 Å². The molecule has 132 valence electrons. The Bertz CT molecular complexity index is 883. The van der Waals surface area contributed by atoms with Gasteiger partial charge in [-0.25, -0.2) is 4.98 Å². The van der Waals surface area contributed by atoms with Crippen LogP contribution in [-0.4, -0.2) is 54.1 Å². The third-order valence-electron chi connectivity index (χ3n) is 4.60. The molecule has 2 aromatic heterocycles. The van der Waals surface area contributed by atoms with Crippen molar-refractivity contribution in [3.05, 3.63) is 54.1 Å². The van der Waals surface area contributed by atoms with Crippen LogP contribution in [-0.2, 0) is 0 Å². The van der Waals surface area contributed by atoms with Gasteiger partial charge in [0, 0.05) is 31.0 Å². The number of carbonyl (C=O) groups excluding carboxylic acids is 1. The molecule has 1 saturated heterocycles. The summed E-state index contributed by atoms with van der Waals surface area (Å²) in [7, 11) is 0. The monoisotopic (exact) mass is 349 g/mol. The standard InChI is InChI=1S/C18H19N7O/c1-13-2-4-14(5-3-13)17-21-23-25(22-17)15-6-10-24(11-7-15)18(26)16-12-19-8-9-20-16/h2-5,8-9,12,15H,6-7,10-11H2,1H3. The molecular weight excluding hydrogens is 330 g/mol. The van der Waals surface area contributed by atoms with E-state index in [2.05, 4.69) is 25.4 Å². The summed E-state index contributed by atoms with van der Waals surface area (Å²) in [5, 5.41) is 12.9. The van der Waals surface area contributed by atoms with Crippen molar-refractivity contribution in [1.29, 1.82) is 0 Å². The van der Waals surface area contributed by atoms with Crippen LogP contribution in [0.15, 0.2) is 42.9 Å². The Hall–Kier alpha value is -3.16. The predicted octanol–water partition coefficient (Wildman–Crippen LogP) is 1.92. The van der Waals surface area contributed by atoms with Gasteiger partial charge in [0.2, 0.25) is 5.82 Å². The Labute approximate surface area is 150 Å². The molecule has 1 aliphatic rings. The molecule has 3 heterocycles. The molecule has 0 saturated carbocycles. The molecule has 1 amide bonds. The molecule has 1 fully saturated rings. The second kappa shape index (κ2) is 6.99. The van der Waals surface area contributed by atoms with E-state index in [0.29, 0.717) is 24.6 Å². The summed E-state index contributed by atoms with van der Waals surface area (Å²) in [5.41, 5.74) is 2.53. The first kappa shape index (κ1) is 16.3. The SMILES string of the molecule is Cc1ccc(-c2nnn(C3CCN(C(=O)c4cnccn4)CC3)n2)cc1. The highest BCUT2D eigenvalue weighted by molar-refractivity contribution is 5.92. The molecule has 0 radical (unpaired) electrons. The van der Waals surface area contributed by atoms with E-state index < -0.39 is 0 Å². The largest absolute Gasteiger partial charge is 0.337 e. The van der Waals surface area contributed by atoms with Gasteiger partial charge in [0.25, 0.3) is 5.91 Å². The first-order valence-corrected chi connectivity index (χ1v) is 8.62. The minimum Gasteiger partial charge on any atom is -0.337 e. The summed E-state index contributed by atoms with van der Waals surface area (Å²) < 4.78 is 0. The van der Waals surface area contributed by atoms with Crippen LogP contribution in [0.2, 0.25) is 0 Å². The van der Waals surface area contributed by atoms with Gasteiger partial charge < -0.3 is 4.90 Å². The van der Waals surface area contributed by atoms with Gasteiger partial charge in [0.05, 0.1) is 12.2 Å². The average molecular weight is 349 g/mol. The van der Waals surface area contributed by atoms with E-state index in [9.17, 15) is 4.79 Å². The molecule has 8 nitrogen and oxygen atoms in total.